The third-order valence-electron chi connectivity index (χ3n) is 3.81. The van der Waals surface area contributed by atoms with E-state index < -0.39 is 0 Å². The molecule has 2 aromatic carbocycles. The van der Waals surface area contributed by atoms with Crippen LogP contribution < -0.4 is 4.74 Å². The third kappa shape index (κ3) is 4.28. The van der Waals surface area contributed by atoms with Crippen molar-refractivity contribution in [3.05, 3.63) is 65.2 Å². The molecule has 0 aliphatic rings. The van der Waals surface area contributed by atoms with Gasteiger partial charge in [0.05, 0.1) is 6.61 Å². The topological polar surface area (TPSA) is 9.23 Å². The average Bonchev–Trinajstić information content (AvgIpc) is 2.48. The molecular weight excluding hydrogens is 276 g/mol. The van der Waals surface area contributed by atoms with Gasteiger partial charge in [0.25, 0.3) is 0 Å². The lowest BCUT2D eigenvalue weighted by Crippen LogP contribution is -2.12. The number of thiol groups is 1. The molecule has 0 bridgehead atoms. The maximum absolute atomic E-state index is 5.98. The van der Waals surface area contributed by atoms with Gasteiger partial charge in [-0.15, -0.1) is 0 Å². The van der Waals surface area contributed by atoms with Crippen LogP contribution >= 0.6 is 12.6 Å². The van der Waals surface area contributed by atoms with E-state index in [2.05, 4.69) is 75.9 Å². The monoisotopic (exact) mass is 300 g/mol. The first-order valence-corrected chi connectivity index (χ1v) is 8.14. The van der Waals surface area contributed by atoms with Crippen LogP contribution in [0.3, 0.4) is 0 Å². The molecule has 0 saturated heterocycles. The zero-order valence-corrected chi connectivity index (χ0v) is 13.9. The molecular formula is C19H24OS. The summed E-state index contributed by atoms with van der Waals surface area (Å²) >= 11 is 4.46. The molecule has 0 aromatic heterocycles. The van der Waals surface area contributed by atoms with Gasteiger partial charge in [-0.2, -0.15) is 12.6 Å². The predicted octanol–water partition coefficient (Wildman–Crippen LogP) is 5.21. The van der Waals surface area contributed by atoms with E-state index in [-0.39, 0.29) is 0 Å². The maximum atomic E-state index is 5.98. The van der Waals surface area contributed by atoms with Crippen molar-refractivity contribution in [2.24, 2.45) is 0 Å². The van der Waals surface area contributed by atoms with Crippen molar-refractivity contribution >= 4 is 12.6 Å². The van der Waals surface area contributed by atoms with Gasteiger partial charge < -0.3 is 4.74 Å². The van der Waals surface area contributed by atoms with Gasteiger partial charge in [0.15, 0.2) is 0 Å². The minimum atomic E-state index is 0.319. The lowest BCUT2D eigenvalue weighted by molar-refractivity contribution is 0.297. The summed E-state index contributed by atoms with van der Waals surface area (Å²) in [5.41, 5.74) is 3.96. The van der Waals surface area contributed by atoms with Gasteiger partial charge in [0.1, 0.15) is 5.75 Å². The van der Waals surface area contributed by atoms with Gasteiger partial charge in [0, 0.05) is 11.7 Å². The lowest BCUT2D eigenvalue weighted by atomic mass is 9.98. The molecule has 0 heterocycles. The molecule has 21 heavy (non-hydrogen) atoms. The van der Waals surface area contributed by atoms with Crippen LogP contribution in [0.5, 0.6) is 5.75 Å². The molecule has 0 fully saturated rings. The largest absolute Gasteiger partial charge is 0.493 e. The van der Waals surface area contributed by atoms with Crippen molar-refractivity contribution in [3.8, 4) is 5.75 Å². The highest BCUT2D eigenvalue weighted by Crippen LogP contribution is 2.25. The predicted molar refractivity (Wildman–Crippen MR) is 93.8 cm³/mol. The van der Waals surface area contributed by atoms with Crippen LogP contribution in [0.25, 0.3) is 0 Å². The standard InChI is InChI=1S/C19H24OS/c1-14(2)19-10-9-18(11-15(19)3)20-12-17(13-21)16-7-5-4-6-8-16/h4-11,14,17,21H,12-13H2,1-3H3. The average molecular weight is 300 g/mol. The van der Waals surface area contributed by atoms with E-state index in [1.54, 1.807) is 0 Å². The van der Waals surface area contributed by atoms with Crippen LogP contribution in [-0.4, -0.2) is 12.4 Å². The Kier molecular flexibility index (Phi) is 5.75. The Morgan fingerprint density at radius 2 is 1.76 bits per heavy atom. The summed E-state index contributed by atoms with van der Waals surface area (Å²) in [5, 5.41) is 0. The molecule has 2 rings (SSSR count). The van der Waals surface area contributed by atoms with Crippen LogP contribution in [-0.2, 0) is 0 Å². The summed E-state index contributed by atoms with van der Waals surface area (Å²) in [5.74, 6) is 2.60. The summed E-state index contributed by atoms with van der Waals surface area (Å²) in [6, 6.07) is 16.8. The fourth-order valence-electron chi connectivity index (χ4n) is 2.56. The molecule has 2 heteroatoms. The van der Waals surface area contributed by atoms with E-state index >= 15 is 0 Å². The van der Waals surface area contributed by atoms with Crippen LogP contribution in [0.4, 0.5) is 0 Å². The highest BCUT2D eigenvalue weighted by atomic mass is 32.1. The second-order valence-electron chi connectivity index (χ2n) is 5.77. The third-order valence-corrected chi connectivity index (χ3v) is 4.25. The number of ether oxygens (including phenoxy) is 1. The van der Waals surface area contributed by atoms with Gasteiger partial charge in [-0.05, 0) is 41.7 Å². The van der Waals surface area contributed by atoms with Gasteiger partial charge in [-0.1, -0.05) is 50.2 Å². The SMILES string of the molecule is Cc1cc(OCC(CS)c2ccccc2)ccc1C(C)C. The molecule has 2 aromatic rings. The molecule has 0 aliphatic heterocycles. The Balaban J connectivity index is 2.03. The number of rotatable bonds is 6. The van der Waals surface area contributed by atoms with Crippen molar-refractivity contribution in [2.45, 2.75) is 32.6 Å². The van der Waals surface area contributed by atoms with Crippen LogP contribution in [0.2, 0.25) is 0 Å². The summed E-state index contributed by atoms with van der Waals surface area (Å²) in [6.45, 7) is 7.24. The summed E-state index contributed by atoms with van der Waals surface area (Å²) in [7, 11) is 0. The summed E-state index contributed by atoms with van der Waals surface area (Å²) < 4.78 is 5.98. The molecule has 1 atom stereocenters. The van der Waals surface area contributed by atoms with Crippen molar-refractivity contribution in [2.75, 3.05) is 12.4 Å². The Bertz CT molecular complexity index is 563. The van der Waals surface area contributed by atoms with Gasteiger partial charge >= 0.3 is 0 Å². The first-order valence-electron chi connectivity index (χ1n) is 7.51. The van der Waals surface area contributed by atoms with Crippen LogP contribution in [0, 0.1) is 6.92 Å². The van der Waals surface area contributed by atoms with Crippen molar-refractivity contribution in [1.29, 1.82) is 0 Å². The Hall–Kier alpha value is -1.41. The zero-order valence-electron chi connectivity index (χ0n) is 13.0. The fourth-order valence-corrected chi connectivity index (χ4v) is 2.88. The molecule has 0 saturated carbocycles. The minimum Gasteiger partial charge on any atom is -0.493 e. The van der Waals surface area contributed by atoms with Crippen LogP contribution in [0.15, 0.2) is 48.5 Å². The smallest absolute Gasteiger partial charge is 0.119 e. The van der Waals surface area contributed by atoms with E-state index in [1.807, 2.05) is 6.07 Å². The van der Waals surface area contributed by atoms with Crippen LogP contribution in [0.1, 0.15) is 42.4 Å². The summed E-state index contributed by atoms with van der Waals surface area (Å²) in [4.78, 5) is 0. The second-order valence-corrected chi connectivity index (χ2v) is 6.14. The Morgan fingerprint density at radius 3 is 2.33 bits per heavy atom. The van der Waals surface area contributed by atoms with Crippen molar-refractivity contribution < 1.29 is 4.74 Å². The molecule has 0 aliphatic carbocycles. The summed E-state index contributed by atoms with van der Waals surface area (Å²) in [6.07, 6.45) is 0. The quantitative estimate of drug-likeness (QED) is 0.720. The van der Waals surface area contributed by atoms with Gasteiger partial charge in [-0.25, -0.2) is 0 Å². The molecule has 1 nitrogen and oxygen atoms in total. The second kappa shape index (κ2) is 7.56. The van der Waals surface area contributed by atoms with E-state index in [9.17, 15) is 0 Å². The molecule has 0 radical (unpaired) electrons. The van der Waals surface area contributed by atoms with Gasteiger partial charge in [0.2, 0.25) is 0 Å². The Morgan fingerprint density at radius 1 is 1.05 bits per heavy atom. The molecule has 0 N–H and O–H groups in total. The first kappa shape index (κ1) is 16.0. The van der Waals surface area contributed by atoms with E-state index in [0.29, 0.717) is 18.4 Å². The highest BCUT2D eigenvalue weighted by Gasteiger charge is 2.11. The zero-order chi connectivity index (χ0) is 15.2. The fraction of sp³-hybridized carbons (Fsp3) is 0.368. The van der Waals surface area contributed by atoms with E-state index in [0.717, 1.165) is 11.5 Å². The number of hydrogen-bond donors (Lipinski definition) is 1. The molecule has 0 amide bonds. The highest BCUT2D eigenvalue weighted by molar-refractivity contribution is 7.80. The minimum absolute atomic E-state index is 0.319. The molecule has 112 valence electrons. The lowest BCUT2D eigenvalue weighted by Gasteiger charge is -2.17. The molecule has 0 spiro atoms. The first-order chi connectivity index (χ1) is 10.1. The number of hydrogen-bond acceptors (Lipinski definition) is 2. The Labute approximate surface area is 133 Å². The maximum Gasteiger partial charge on any atom is 0.119 e. The van der Waals surface area contributed by atoms with E-state index in [1.165, 1.54) is 16.7 Å². The normalized spacial score (nSPS) is 12.4. The van der Waals surface area contributed by atoms with E-state index in [4.69, 9.17) is 4.74 Å². The van der Waals surface area contributed by atoms with Crippen molar-refractivity contribution in [3.63, 3.8) is 0 Å². The van der Waals surface area contributed by atoms with Gasteiger partial charge in [-0.3, -0.25) is 0 Å². The number of benzene rings is 2. The molecule has 1 unspecified atom stereocenters. The van der Waals surface area contributed by atoms with Crippen molar-refractivity contribution in [1.82, 2.24) is 0 Å². The number of aryl methyl sites for hydroxylation is 1.